The van der Waals surface area contributed by atoms with Crippen molar-refractivity contribution in [3.63, 3.8) is 0 Å². The molecule has 1 heterocycles. The number of hydrogen-bond donors (Lipinski definition) is 1. The van der Waals surface area contributed by atoms with Crippen LogP contribution in [0.3, 0.4) is 0 Å². The number of ether oxygens (including phenoxy) is 1. The maximum absolute atomic E-state index is 12.8. The maximum Gasteiger partial charge on any atom is 0.323 e. The van der Waals surface area contributed by atoms with Gasteiger partial charge in [0.25, 0.3) is 0 Å². The van der Waals surface area contributed by atoms with E-state index >= 15 is 0 Å². The van der Waals surface area contributed by atoms with Crippen LogP contribution in [0, 0.1) is 5.92 Å². The van der Waals surface area contributed by atoms with Crippen LogP contribution in [0.25, 0.3) is 0 Å². The van der Waals surface area contributed by atoms with Crippen molar-refractivity contribution in [1.29, 1.82) is 0 Å². The summed E-state index contributed by atoms with van der Waals surface area (Å²) in [7, 11) is 0. The fraction of sp³-hybridized carbons (Fsp3) is 0.529. The number of carboxylic acid groups (broad SMARTS) is 1. The first-order chi connectivity index (χ1) is 11.1. The number of nitrogens with zero attached hydrogens (tertiary/aromatic N) is 1. The van der Waals surface area contributed by atoms with Gasteiger partial charge < -0.3 is 14.7 Å². The lowest BCUT2D eigenvalue weighted by atomic mass is 10.0. The minimum atomic E-state index is -0.968. The van der Waals surface area contributed by atoms with Crippen LogP contribution < -0.4 is 0 Å². The molecule has 1 aliphatic heterocycles. The standard InChI is InChI=1S/C17H20ClNO4/c18-12-3-1-2-11(8-12)14-9-15(14)17(22)19(10-16(20)21)13-4-6-23-7-5-13/h1-3,8,13-15H,4-7,9-10H2,(H,20,21)/t14-,15+/m1/s1. The highest BCUT2D eigenvalue weighted by Crippen LogP contribution is 2.49. The van der Waals surface area contributed by atoms with Gasteiger partial charge in [0, 0.05) is 30.2 Å². The Hall–Kier alpha value is -1.59. The third-order valence-corrected chi connectivity index (χ3v) is 4.84. The van der Waals surface area contributed by atoms with Crippen molar-refractivity contribution in [1.82, 2.24) is 4.90 Å². The number of carbonyl (C=O) groups excluding carboxylic acids is 1. The fourth-order valence-corrected chi connectivity index (χ4v) is 3.51. The van der Waals surface area contributed by atoms with Crippen LogP contribution in [0.5, 0.6) is 0 Å². The summed E-state index contributed by atoms with van der Waals surface area (Å²) in [4.78, 5) is 25.5. The predicted octanol–water partition coefficient (Wildman–Crippen LogP) is 2.54. The van der Waals surface area contributed by atoms with E-state index in [1.54, 1.807) is 4.90 Å². The third kappa shape index (κ3) is 3.85. The summed E-state index contributed by atoms with van der Waals surface area (Å²) in [6.07, 6.45) is 2.17. The van der Waals surface area contributed by atoms with Gasteiger partial charge in [-0.3, -0.25) is 9.59 Å². The van der Waals surface area contributed by atoms with Crippen molar-refractivity contribution in [2.75, 3.05) is 19.8 Å². The molecule has 6 heteroatoms. The minimum Gasteiger partial charge on any atom is -0.480 e. The van der Waals surface area contributed by atoms with E-state index in [1.165, 1.54) is 0 Å². The van der Waals surface area contributed by atoms with Gasteiger partial charge in [-0.25, -0.2) is 0 Å². The Labute approximate surface area is 140 Å². The Morgan fingerprint density at radius 3 is 2.70 bits per heavy atom. The van der Waals surface area contributed by atoms with Gasteiger partial charge in [0.1, 0.15) is 6.54 Å². The number of aliphatic carboxylic acids is 1. The lowest BCUT2D eigenvalue weighted by molar-refractivity contribution is -0.148. The number of halogens is 1. The molecular weight excluding hydrogens is 318 g/mol. The average Bonchev–Trinajstić information content (AvgIpc) is 3.33. The molecule has 23 heavy (non-hydrogen) atoms. The van der Waals surface area contributed by atoms with E-state index in [0.717, 1.165) is 12.0 Å². The Kier molecular flexibility index (Phi) is 4.87. The summed E-state index contributed by atoms with van der Waals surface area (Å²) < 4.78 is 5.31. The molecule has 0 aromatic heterocycles. The zero-order valence-corrected chi connectivity index (χ0v) is 13.5. The largest absolute Gasteiger partial charge is 0.480 e. The normalized spacial score (nSPS) is 24.2. The van der Waals surface area contributed by atoms with Gasteiger partial charge in [-0.2, -0.15) is 0 Å². The number of carbonyl (C=O) groups is 2. The molecule has 1 amide bonds. The summed E-state index contributed by atoms with van der Waals surface area (Å²) in [6, 6.07) is 7.51. The first-order valence-electron chi connectivity index (χ1n) is 7.91. The predicted molar refractivity (Wildman–Crippen MR) is 85.5 cm³/mol. The van der Waals surface area contributed by atoms with E-state index in [9.17, 15) is 9.59 Å². The third-order valence-electron chi connectivity index (χ3n) is 4.60. The van der Waals surface area contributed by atoms with Crippen molar-refractivity contribution in [2.45, 2.75) is 31.2 Å². The summed E-state index contributed by atoms with van der Waals surface area (Å²) >= 11 is 6.01. The quantitative estimate of drug-likeness (QED) is 0.896. The van der Waals surface area contributed by atoms with E-state index in [-0.39, 0.29) is 30.3 Å². The van der Waals surface area contributed by atoms with E-state index in [1.807, 2.05) is 24.3 Å². The summed E-state index contributed by atoms with van der Waals surface area (Å²) in [5.41, 5.74) is 1.05. The highest BCUT2D eigenvalue weighted by molar-refractivity contribution is 6.30. The number of benzene rings is 1. The lowest BCUT2D eigenvalue weighted by Crippen LogP contribution is -2.46. The Balaban J connectivity index is 1.70. The molecule has 1 N–H and O–H groups in total. The van der Waals surface area contributed by atoms with Gasteiger partial charge in [-0.15, -0.1) is 0 Å². The molecule has 0 spiro atoms. The Bertz CT molecular complexity index is 600. The first kappa shape index (κ1) is 16.3. The van der Waals surface area contributed by atoms with Gasteiger partial charge >= 0.3 is 5.97 Å². The molecule has 0 radical (unpaired) electrons. The van der Waals surface area contributed by atoms with E-state index in [4.69, 9.17) is 21.4 Å². The SMILES string of the molecule is O=C(O)CN(C(=O)[C@H]1C[C@@H]1c1cccc(Cl)c1)C1CCOCC1. The van der Waals surface area contributed by atoms with Gasteiger partial charge in [-0.1, -0.05) is 23.7 Å². The molecule has 2 atom stereocenters. The van der Waals surface area contributed by atoms with Crippen molar-refractivity contribution >= 4 is 23.5 Å². The van der Waals surface area contributed by atoms with Crippen LogP contribution >= 0.6 is 11.6 Å². The molecule has 1 aromatic carbocycles. The van der Waals surface area contributed by atoms with Gasteiger partial charge in [0.05, 0.1) is 0 Å². The molecule has 1 saturated heterocycles. The fourth-order valence-electron chi connectivity index (χ4n) is 3.32. The molecular formula is C17H20ClNO4. The molecule has 2 fully saturated rings. The second-order valence-electron chi connectivity index (χ2n) is 6.21. The second kappa shape index (κ2) is 6.89. The lowest BCUT2D eigenvalue weighted by Gasteiger charge is -2.33. The van der Waals surface area contributed by atoms with Crippen LogP contribution in [-0.4, -0.2) is 47.7 Å². The molecule has 1 aromatic rings. The Morgan fingerprint density at radius 2 is 2.04 bits per heavy atom. The van der Waals surface area contributed by atoms with E-state index in [2.05, 4.69) is 0 Å². The average molecular weight is 338 g/mol. The highest BCUT2D eigenvalue weighted by atomic mass is 35.5. The van der Waals surface area contributed by atoms with Crippen molar-refractivity contribution in [2.24, 2.45) is 5.92 Å². The highest BCUT2D eigenvalue weighted by Gasteiger charge is 2.47. The van der Waals surface area contributed by atoms with Crippen molar-refractivity contribution in [3.05, 3.63) is 34.9 Å². The van der Waals surface area contributed by atoms with Crippen LogP contribution in [0.1, 0.15) is 30.7 Å². The molecule has 1 aliphatic carbocycles. The summed E-state index contributed by atoms with van der Waals surface area (Å²) in [5, 5.41) is 9.80. The monoisotopic (exact) mass is 337 g/mol. The van der Waals surface area contributed by atoms with Crippen LogP contribution in [0.2, 0.25) is 5.02 Å². The van der Waals surface area contributed by atoms with Crippen molar-refractivity contribution < 1.29 is 19.4 Å². The Morgan fingerprint density at radius 1 is 1.30 bits per heavy atom. The summed E-state index contributed by atoms with van der Waals surface area (Å²) in [5.74, 6) is -0.998. The van der Waals surface area contributed by atoms with Gasteiger partial charge in [0.15, 0.2) is 0 Å². The summed E-state index contributed by atoms with van der Waals surface area (Å²) in [6.45, 7) is 0.926. The smallest absolute Gasteiger partial charge is 0.323 e. The molecule has 0 unspecified atom stereocenters. The van der Waals surface area contributed by atoms with Gasteiger partial charge in [0.2, 0.25) is 5.91 Å². The van der Waals surface area contributed by atoms with E-state index < -0.39 is 5.97 Å². The topological polar surface area (TPSA) is 66.8 Å². The van der Waals surface area contributed by atoms with Crippen LogP contribution in [-0.2, 0) is 14.3 Å². The molecule has 5 nitrogen and oxygen atoms in total. The molecule has 124 valence electrons. The first-order valence-corrected chi connectivity index (χ1v) is 8.29. The van der Waals surface area contributed by atoms with Crippen LogP contribution in [0.4, 0.5) is 0 Å². The maximum atomic E-state index is 12.8. The minimum absolute atomic E-state index is 0.0343. The molecule has 3 rings (SSSR count). The zero-order chi connectivity index (χ0) is 16.4. The van der Waals surface area contributed by atoms with Crippen LogP contribution in [0.15, 0.2) is 24.3 Å². The molecule has 1 saturated carbocycles. The molecule has 2 aliphatic rings. The number of hydrogen-bond acceptors (Lipinski definition) is 3. The number of amides is 1. The second-order valence-corrected chi connectivity index (χ2v) is 6.64. The van der Waals surface area contributed by atoms with Gasteiger partial charge in [-0.05, 0) is 42.9 Å². The number of carboxylic acids is 1. The zero-order valence-electron chi connectivity index (χ0n) is 12.8. The molecule has 0 bridgehead atoms. The van der Waals surface area contributed by atoms with E-state index in [0.29, 0.717) is 31.1 Å². The number of rotatable bonds is 5. The van der Waals surface area contributed by atoms with Crippen molar-refractivity contribution in [3.8, 4) is 0 Å².